The van der Waals surface area contributed by atoms with E-state index in [1.165, 1.54) is 11.1 Å². The van der Waals surface area contributed by atoms with Gasteiger partial charge in [0.2, 0.25) is 0 Å². The minimum Gasteiger partial charge on any atom is -0.247 e. The molecule has 0 aliphatic heterocycles. The molecule has 0 bridgehead atoms. The predicted molar refractivity (Wildman–Crippen MR) is 55.9 cm³/mol. The van der Waals surface area contributed by atoms with Gasteiger partial charge in [-0.05, 0) is 13.8 Å². The molecule has 0 unspecified atom stereocenters. The zero-order chi connectivity index (χ0) is 10.1. The van der Waals surface area contributed by atoms with Crippen molar-refractivity contribution in [2.45, 2.75) is 13.8 Å². The molecule has 2 aromatic rings. The summed E-state index contributed by atoms with van der Waals surface area (Å²) in [7, 11) is 1.91. The number of rotatable bonds is 1. The Morgan fingerprint density at radius 1 is 1.07 bits per heavy atom. The van der Waals surface area contributed by atoms with Gasteiger partial charge in [0, 0.05) is 12.6 Å². The fourth-order valence-corrected chi connectivity index (χ4v) is 1.57. The van der Waals surface area contributed by atoms with Crippen LogP contribution in [0.5, 0.6) is 0 Å². The molecule has 0 N–H and O–H groups in total. The van der Waals surface area contributed by atoms with E-state index in [1.54, 1.807) is 4.68 Å². The van der Waals surface area contributed by atoms with Crippen LogP contribution in [0.25, 0.3) is 11.3 Å². The van der Waals surface area contributed by atoms with Crippen LogP contribution in [-0.2, 0) is 7.05 Å². The van der Waals surface area contributed by atoms with Crippen LogP contribution in [-0.4, -0.2) is 15.0 Å². The summed E-state index contributed by atoms with van der Waals surface area (Å²) in [5.74, 6) is 0. The van der Waals surface area contributed by atoms with Crippen molar-refractivity contribution >= 4 is 0 Å². The third-order valence-corrected chi connectivity index (χ3v) is 2.32. The Labute approximate surface area is 83.4 Å². The van der Waals surface area contributed by atoms with Gasteiger partial charge < -0.3 is 0 Å². The van der Waals surface area contributed by atoms with Crippen molar-refractivity contribution in [1.29, 1.82) is 0 Å². The van der Waals surface area contributed by atoms with Gasteiger partial charge in [-0.2, -0.15) is 0 Å². The molecule has 0 saturated carbocycles. The Balaban J connectivity index is 2.54. The van der Waals surface area contributed by atoms with Gasteiger partial charge in [-0.15, -0.1) is 5.10 Å². The fraction of sp³-hybridized carbons (Fsp3) is 0.273. The minimum atomic E-state index is 0.969. The van der Waals surface area contributed by atoms with Crippen molar-refractivity contribution in [2.24, 2.45) is 7.05 Å². The first kappa shape index (κ1) is 8.94. The number of hydrogen-bond acceptors (Lipinski definition) is 2. The van der Waals surface area contributed by atoms with E-state index in [9.17, 15) is 0 Å². The Hall–Kier alpha value is -1.64. The Bertz CT molecular complexity index is 421. The Morgan fingerprint density at radius 3 is 2.21 bits per heavy atom. The summed E-state index contributed by atoms with van der Waals surface area (Å²) < 4.78 is 1.81. The molecule has 1 heterocycles. The normalized spacial score (nSPS) is 10.5. The summed E-state index contributed by atoms with van der Waals surface area (Å²) >= 11 is 0. The van der Waals surface area contributed by atoms with Crippen LogP contribution >= 0.6 is 0 Å². The Morgan fingerprint density at radius 2 is 1.71 bits per heavy atom. The molecule has 0 saturated heterocycles. The van der Waals surface area contributed by atoms with Crippen LogP contribution in [0.15, 0.2) is 24.3 Å². The molecule has 0 aliphatic rings. The van der Waals surface area contributed by atoms with Gasteiger partial charge in [0.25, 0.3) is 0 Å². The lowest BCUT2D eigenvalue weighted by Gasteiger charge is -2.02. The maximum absolute atomic E-state index is 4.03. The van der Waals surface area contributed by atoms with Crippen LogP contribution in [0.2, 0.25) is 0 Å². The standard InChI is InChI=1S/C11H13N3/c1-8-4-6-10(7-5-8)11-9(2)12-13-14(11)3/h4-7H,1-3H3. The highest BCUT2D eigenvalue weighted by molar-refractivity contribution is 5.61. The molecule has 0 fully saturated rings. The zero-order valence-corrected chi connectivity index (χ0v) is 8.65. The van der Waals surface area contributed by atoms with Gasteiger partial charge in [-0.3, -0.25) is 0 Å². The number of nitrogens with zero attached hydrogens (tertiary/aromatic N) is 3. The second-order valence-electron chi connectivity index (χ2n) is 3.51. The van der Waals surface area contributed by atoms with E-state index in [1.807, 2.05) is 14.0 Å². The highest BCUT2D eigenvalue weighted by atomic mass is 15.4. The van der Waals surface area contributed by atoms with Gasteiger partial charge in [0.15, 0.2) is 0 Å². The molecule has 3 heteroatoms. The van der Waals surface area contributed by atoms with Crippen molar-refractivity contribution in [3.05, 3.63) is 35.5 Å². The zero-order valence-electron chi connectivity index (χ0n) is 8.65. The predicted octanol–water partition coefficient (Wildman–Crippen LogP) is 2.10. The van der Waals surface area contributed by atoms with Crippen LogP contribution < -0.4 is 0 Å². The molecule has 0 atom stereocenters. The second-order valence-corrected chi connectivity index (χ2v) is 3.51. The molecular formula is C11H13N3. The molecule has 1 aromatic carbocycles. The number of benzene rings is 1. The molecule has 0 amide bonds. The molecule has 3 nitrogen and oxygen atoms in total. The molecule has 1 aromatic heterocycles. The van der Waals surface area contributed by atoms with Gasteiger partial charge in [0.05, 0.1) is 11.4 Å². The van der Waals surface area contributed by atoms with Crippen LogP contribution in [0.4, 0.5) is 0 Å². The topological polar surface area (TPSA) is 30.7 Å². The number of aromatic nitrogens is 3. The summed E-state index contributed by atoms with van der Waals surface area (Å²) in [6.45, 7) is 4.06. The third kappa shape index (κ3) is 1.41. The van der Waals surface area contributed by atoms with E-state index in [0.29, 0.717) is 0 Å². The lowest BCUT2D eigenvalue weighted by atomic mass is 10.1. The first-order valence-corrected chi connectivity index (χ1v) is 4.62. The second kappa shape index (κ2) is 3.25. The molecule has 0 spiro atoms. The van der Waals surface area contributed by atoms with E-state index < -0.39 is 0 Å². The van der Waals surface area contributed by atoms with E-state index in [2.05, 4.69) is 41.5 Å². The van der Waals surface area contributed by atoms with Gasteiger partial charge in [-0.25, -0.2) is 4.68 Å². The summed E-state index contributed by atoms with van der Waals surface area (Å²) in [5, 5.41) is 8.01. The van der Waals surface area contributed by atoms with Crippen molar-refractivity contribution in [1.82, 2.24) is 15.0 Å². The fourth-order valence-electron chi connectivity index (χ4n) is 1.57. The van der Waals surface area contributed by atoms with Crippen molar-refractivity contribution < 1.29 is 0 Å². The van der Waals surface area contributed by atoms with Gasteiger partial charge in [0.1, 0.15) is 0 Å². The minimum absolute atomic E-state index is 0.969. The molecule has 0 aliphatic carbocycles. The maximum Gasteiger partial charge on any atom is 0.0911 e. The molecule has 14 heavy (non-hydrogen) atoms. The van der Waals surface area contributed by atoms with E-state index in [0.717, 1.165) is 11.4 Å². The maximum atomic E-state index is 4.03. The van der Waals surface area contributed by atoms with Crippen LogP contribution in [0.1, 0.15) is 11.3 Å². The lowest BCUT2D eigenvalue weighted by Crippen LogP contribution is -1.94. The number of hydrogen-bond donors (Lipinski definition) is 0. The average molecular weight is 187 g/mol. The first-order valence-electron chi connectivity index (χ1n) is 4.62. The molecular weight excluding hydrogens is 174 g/mol. The number of aryl methyl sites for hydroxylation is 3. The smallest absolute Gasteiger partial charge is 0.0911 e. The van der Waals surface area contributed by atoms with Crippen molar-refractivity contribution in [3.8, 4) is 11.3 Å². The van der Waals surface area contributed by atoms with Crippen molar-refractivity contribution in [3.63, 3.8) is 0 Å². The molecule has 0 radical (unpaired) electrons. The summed E-state index contributed by atoms with van der Waals surface area (Å²) in [4.78, 5) is 0. The highest BCUT2D eigenvalue weighted by Crippen LogP contribution is 2.20. The highest BCUT2D eigenvalue weighted by Gasteiger charge is 2.07. The quantitative estimate of drug-likeness (QED) is 0.684. The largest absolute Gasteiger partial charge is 0.247 e. The molecule has 2 rings (SSSR count). The van der Waals surface area contributed by atoms with Crippen LogP contribution in [0, 0.1) is 13.8 Å². The summed E-state index contributed by atoms with van der Waals surface area (Å²) in [5.41, 5.74) is 4.49. The Kier molecular flexibility index (Phi) is 2.08. The van der Waals surface area contributed by atoms with E-state index in [4.69, 9.17) is 0 Å². The average Bonchev–Trinajstić information content (AvgIpc) is 2.49. The third-order valence-electron chi connectivity index (χ3n) is 2.32. The van der Waals surface area contributed by atoms with Crippen molar-refractivity contribution in [2.75, 3.05) is 0 Å². The van der Waals surface area contributed by atoms with E-state index >= 15 is 0 Å². The van der Waals surface area contributed by atoms with Gasteiger partial charge in [-0.1, -0.05) is 35.0 Å². The van der Waals surface area contributed by atoms with Gasteiger partial charge >= 0.3 is 0 Å². The van der Waals surface area contributed by atoms with E-state index in [-0.39, 0.29) is 0 Å². The first-order chi connectivity index (χ1) is 6.68. The summed E-state index contributed by atoms with van der Waals surface area (Å²) in [6, 6.07) is 8.39. The molecule has 72 valence electrons. The van der Waals surface area contributed by atoms with Crippen LogP contribution in [0.3, 0.4) is 0 Å². The lowest BCUT2D eigenvalue weighted by molar-refractivity contribution is 0.719. The SMILES string of the molecule is Cc1ccc(-c2c(C)nnn2C)cc1. The summed E-state index contributed by atoms with van der Waals surface area (Å²) in [6.07, 6.45) is 0. The monoisotopic (exact) mass is 187 g/mol.